The predicted molar refractivity (Wildman–Crippen MR) is 288 cm³/mol. The number of nitriles is 1. The molecular formula is C66H47N3. The van der Waals surface area contributed by atoms with Crippen molar-refractivity contribution in [3.63, 3.8) is 0 Å². The highest BCUT2D eigenvalue weighted by molar-refractivity contribution is 6.13. The Labute approximate surface area is 404 Å². The molecule has 2 aliphatic carbocycles. The molecule has 326 valence electrons. The lowest BCUT2D eigenvalue weighted by Crippen LogP contribution is -2.34. The highest BCUT2D eigenvalue weighted by Crippen LogP contribution is 2.62. The van der Waals surface area contributed by atoms with Crippen LogP contribution in [0.5, 0.6) is 0 Å². The summed E-state index contributed by atoms with van der Waals surface area (Å²) < 4.78 is 0. The van der Waals surface area contributed by atoms with Gasteiger partial charge in [0.15, 0.2) is 5.84 Å². The van der Waals surface area contributed by atoms with Crippen molar-refractivity contribution in [1.29, 1.82) is 5.26 Å². The molecule has 69 heavy (non-hydrogen) atoms. The summed E-state index contributed by atoms with van der Waals surface area (Å²) in [5.74, 6) is 0.604. The van der Waals surface area contributed by atoms with Crippen LogP contribution in [0.4, 0.5) is 0 Å². The van der Waals surface area contributed by atoms with Crippen LogP contribution >= 0.6 is 0 Å². The molecule has 0 radical (unpaired) electrons. The van der Waals surface area contributed by atoms with Gasteiger partial charge in [-0.25, -0.2) is 9.98 Å². The van der Waals surface area contributed by atoms with Crippen LogP contribution < -0.4 is 0 Å². The molecule has 11 rings (SSSR count). The van der Waals surface area contributed by atoms with Crippen LogP contribution in [-0.4, -0.2) is 11.5 Å². The minimum atomic E-state index is -0.646. The van der Waals surface area contributed by atoms with Crippen molar-refractivity contribution >= 4 is 28.9 Å². The molecule has 0 amide bonds. The van der Waals surface area contributed by atoms with E-state index in [0.717, 1.165) is 61.3 Å². The number of nitrogens with zero attached hydrogens (tertiary/aromatic N) is 3. The van der Waals surface area contributed by atoms with Crippen molar-refractivity contribution in [3.8, 4) is 50.6 Å². The van der Waals surface area contributed by atoms with Crippen LogP contribution in [0.1, 0.15) is 75.0 Å². The third-order valence-corrected chi connectivity index (χ3v) is 13.9. The third kappa shape index (κ3) is 7.31. The first-order valence-electron chi connectivity index (χ1n) is 23.4. The molecule has 1 atom stereocenters. The van der Waals surface area contributed by atoms with E-state index in [1.165, 1.54) is 50.1 Å². The molecule has 3 heteroatoms. The second-order valence-electron chi connectivity index (χ2n) is 17.7. The topological polar surface area (TPSA) is 48.5 Å². The van der Waals surface area contributed by atoms with Crippen molar-refractivity contribution in [3.05, 3.63) is 293 Å². The Morgan fingerprint density at radius 2 is 1.03 bits per heavy atom. The summed E-state index contributed by atoms with van der Waals surface area (Å²) in [5, 5.41) is 9.57. The average Bonchev–Trinajstić information content (AvgIpc) is 3.70. The summed E-state index contributed by atoms with van der Waals surface area (Å²) in [5.41, 5.74) is 23.2. The summed E-state index contributed by atoms with van der Waals surface area (Å²) >= 11 is 0. The molecule has 0 saturated carbocycles. The van der Waals surface area contributed by atoms with E-state index in [-0.39, 0.29) is 0 Å². The van der Waals surface area contributed by atoms with Gasteiger partial charge in [-0.3, -0.25) is 0 Å². The van der Waals surface area contributed by atoms with Crippen LogP contribution in [0.2, 0.25) is 0 Å². The Hall–Kier alpha value is -8.97. The Morgan fingerprint density at radius 3 is 1.64 bits per heavy atom. The molecule has 0 N–H and O–H groups in total. The molecule has 1 spiro atoms. The van der Waals surface area contributed by atoms with E-state index in [1.807, 2.05) is 79.7 Å². The fourth-order valence-corrected chi connectivity index (χ4v) is 10.6. The summed E-state index contributed by atoms with van der Waals surface area (Å²) in [4.78, 5) is 10.2. The maximum absolute atomic E-state index is 9.57. The first-order valence-corrected chi connectivity index (χ1v) is 23.4. The Morgan fingerprint density at radius 1 is 0.493 bits per heavy atom. The SMILES string of the molecule is C=Cc1cccc2c1/C(=C\C)c1ccccc1C21c2cc(-c3ccc(C(=N/C(=C)c4ccccc4)/N=C(\C)c4ccccc4)cc3)ccc2-c2ccc(-c3ccc(-c4cccc(C#N)c4)cc3)cc21. The number of fused-ring (bicyclic) bond motifs is 9. The third-order valence-electron chi connectivity index (χ3n) is 13.9. The van der Waals surface area contributed by atoms with Gasteiger partial charge < -0.3 is 0 Å². The van der Waals surface area contributed by atoms with Crippen LogP contribution in [0.15, 0.2) is 242 Å². The second-order valence-corrected chi connectivity index (χ2v) is 17.7. The predicted octanol–water partition coefficient (Wildman–Crippen LogP) is 16.3. The zero-order chi connectivity index (χ0) is 47.1. The molecule has 3 nitrogen and oxygen atoms in total. The smallest absolute Gasteiger partial charge is 0.160 e. The van der Waals surface area contributed by atoms with E-state index in [9.17, 15) is 5.26 Å². The number of hydrogen-bond donors (Lipinski definition) is 0. The fourth-order valence-electron chi connectivity index (χ4n) is 10.6. The lowest BCUT2D eigenvalue weighted by atomic mass is 9.59. The van der Waals surface area contributed by atoms with E-state index in [1.54, 1.807) is 0 Å². The number of benzene rings is 9. The van der Waals surface area contributed by atoms with Crippen LogP contribution in [0.3, 0.4) is 0 Å². The quantitative estimate of drug-likeness (QED) is 0.111. The van der Waals surface area contributed by atoms with Crippen LogP contribution in [-0.2, 0) is 5.41 Å². The zero-order valence-electron chi connectivity index (χ0n) is 38.6. The molecule has 0 fully saturated rings. The lowest BCUT2D eigenvalue weighted by molar-refractivity contribution is 0.753. The summed E-state index contributed by atoms with van der Waals surface area (Å²) in [6, 6.07) is 77.4. The standard InChI is InChI=1S/C66H47N3/c1-5-46-22-16-26-61-64(46)56(6-2)57-24-13-14-25-60(57)66(61)62-40-54(50-29-27-49(28-30-50)53-23-15-17-45(39-53)42-67)35-37-58(62)59-38-36-55(41-63(59)66)51-31-33-52(34-32-51)65(68-43(3)47-18-9-7-10-19-47)69-44(4)48-20-11-8-12-21-48/h5-41H,1,3H2,2,4H3/b56-6-,68-65-,69-44+. The molecule has 0 aliphatic heterocycles. The molecule has 0 bridgehead atoms. The maximum atomic E-state index is 9.57. The van der Waals surface area contributed by atoms with Gasteiger partial charge in [0.2, 0.25) is 0 Å². The van der Waals surface area contributed by atoms with Crippen LogP contribution in [0, 0.1) is 11.3 Å². The van der Waals surface area contributed by atoms with Crippen molar-refractivity contribution in [2.45, 2.75) is 19.3 Å². The molecule has 2 aliphatic rings. The Bertz CT molecular complexity index is 3640. The van der Waals surface area contributed by atoms with Crippen molar-refractivity contribution < 1.29 is 0 Å². The van der Waals surface area contributed by atoms with Crippen LogP contribution in [0.25, 0.3) is 61.9 Å². The molecule has 0 saturated heterocycles. The molecular weight excluding hydrogens is 835 g/mol. The Balaban J connectivity index is 1.07. The average molecular weight is 882 g/mol. The van der Waals surface area contributed by atoms with E-state index in [2.05, 4.69) is 178 Å². The van der Waals surface area contributed by atoms with E-state index in [0.29, 0.717) is 17.1 Å². The number of allylic oxidation sites excluding steroid dienone is 1. The van der Waals surface area contributed by atoms with Crippen molar-refractivity contribution in [1.82, 2.24) is 0 Å². The lowest BCUT2D eigenvalue weighted by Gasteiger charge is -2.42. The monoisotopic (exact) mass is 881 g/mol. The molecule has 1 unspecified atom stereocenters. The normalized spacial score (nSPS) is 15.2. The fraction of sp³-hybridized carbons (Fsp3) is 0.0455. The van der Waals surface area contributed by atoms with Gasteiger partial charge in [-0.1, -0.05) is 213 Å². The van der Waals surface area contributed by atoms with Gasteiger partial charge in [0.25, 0.3) is 0 Å². The van der Waals surface area contributed by atoms with Gasteiger partial charge in [0.1, 0.15) is 0 Å². The molecule has 9 aromatic rings. The Kier molecular flexibility index (Phi) is 10.9. The number of aliphatic imine (C=N–C) groups is 2. The largest absolute Gasteiger partial charge is 0.233 e. The van der Waals surface area contributed by atoms with E-state index in [4.69, 9.17) is 9.98 Å². The van der Waals surface area contributed by atoms with Gasteiger partial charge in [-0.15, -0.1) is 0 Å². The van der Waals surface area contributed by atoms with Crippen molar-refractivity contribution in [2.24, 2.45) is 9.98 Å². The van der Waals surface area contributed by atoms with E-state index < -0.39 is 5.41 Å². The molecule has 9 aromatic carbocycles. The molecule has 0 heterocycles. The first kappa shape index (κ1) is 42.7. The van der Waals surface area contributed by atoms with Gasteiger partial charge in [-0.2, -0.15) is 5.26 Å². The van der Waals surface area contributed by atoms with Gasteiger partial charge in [0.05, 0.1) is 22.7 Å². The van der Waals surface area contributed by atoms with E-state index >= 15 is 0 Å². The first-order chi connectivity index (χ1) is 33.9. The zero-order valence-corrected chi connectivity index (χ0v) is 38.6. The minimum absolute atomic E-state index is 0.604. The summed E-state index contributed by atoms with van der Waals surface area (Å²) in [7, 11) is 0. The number of hydrogen-bond acceptors (Lipinski definition) is 2. The highest BCUT2D eigenvalue weighted by atomic mass is 14.9. The minimum Gasteiger partial charge on any atom is -0.233 e. The van der Waals surface area contributed by atoms with Crippen molar-refractivity contribution in [2.75, 3.05) is 0 Å². The molecule has 0 aromatic heterocycles. The second kappa shape index (κ2) is 17.7. The highest BCUT2D eigenvalue weighted by Gasteiger charge is 2.51. The van der Waals surface area contributed by atoms with Gasteiger partial charge >= 0.3 is 0 Å². The van der Waals surface area contributed by atoms with Gasteiger partial charge in [-0.05, 0) is 138 Å². The number of amidine groups is 1. The maximum Gasteiger partial charge on any atom is 0.160 e. The summed E-state index contributed by atoms with van der Waals surface area (Å²) in [6.07, 6.45) is 4.26. The summed E-state index contributed by atoms with van der Waals surface area (Å²) in [6.45, 7) is 12.9. The van der Waals surface area contributed by atoms with Gasteiger partial charge in [0, 0.05) is 11.3 Å². The number of rotatable bonds is 8.